The molecule has 0 atom stereocenters. The van der Waals surface area contributed by atoms with E-state index in [9.17, 15) is 0 Å². The summed E-state index contributed by atoms with van der Waals surface area (Å²) in [6, 6.07) is 10.4. The minimum Gasteiger partial charge on any atom is -0.0984 e. The summed E-state index contributed by atoms with van der Waals surface area (Å²) in [4.78, 5) is 0. The monoisotopic (exact) mass is 212 g/mol. The van der Waals surface area contributed by atoms with Crippen LogP contribution < -0.4 is 0 Å². The molecule has 0 heteroatoms. The van der Waals surface area contributed by atoms with Crippen molar-refractivity contribution in [2.45, 2.75) is 27.2 Å². The molecule has 0 aromatic heterocycles. The fraction of sp³-hybridized carbons (Fsp3) is 0.250. The summed E-state index contributed by atoms with van der Waals surface area (Å²) in [5.41, 5.74) is 5.17. The van der Waals surface area contributed by atoms with Crippen molar-refractivity contribution in [1.82, 2.24) is 0 Å². The van der Waals surface area contributed by atoms with Gasteiger partial charge in [0.05, 0.1) is 0 Å². The van der Waals surface area contributed by atoms with Crippen LogP contribution in [0, 0.1) is 0 Å². The lowest BCUT2D eigenvalue weighted by atomic mass is 10.0. The molecule has 0 saturated carbocycles. The summed E-state index contributed by atoms with van der Waals surface area (Å²) < 4.78 is 0. The normalized spacial score (nSPS) is 13.3. The predicted molar refractivity (Wildman–Crippen MR) is 73.3 cm³/mol. The van der Waals surface area contributed by atoms with Gasteiger partial charge in [0, 0.05) is 0 Å². The Kier molecular flexibility index (Phi) is 4.78. The van der Waals surface area contributed by atoms with E-state index >= 15 is 0 Å². The molecule has 0 bridgehead atoms. The second-order valence-electron chi connectivity index (χ2n) is 3.99. The topological polar surface area (TPSA) is 0 Å². The van der Waals surface area contributed by atoms with Crippen molar-refractivity contribution in [2.24, 2.45) is 0 Å². The molecule has 0 aliphatic rings. The first-order valence-corrected chi connectivity index (χ1v) is 5.75. The molecule has 0 radical (unpaired) electrons. The lowest BCUT2D eigenvalue weighted by molar-refractivity contribution is 1.07. The Morgan fingerprint density at radius 1 is 1.19 bits per heavy atom. The maximum atomic E-state index is 3.88. The molecule has 0 nitrogen and oxygen atoms in total. The van der Waals surface area contributed by atoms with Gasteiger partial charge in [-0.25, -0.2) is 0 Å². The van der Waals surface area contributed by atoms with Crippen LogP contribution in [0.2, 0.25) is 0 Å². The summed E-state index contributed by atoms with van der Waals surface area (Å²) in [7, 11) is 0. The molecule has 1 aromatic carbocycles. The number of hydrogen-bond donors (Lipinski definition) is 0. The van der Waals surface area contributed by atoms with E-state index in [2.05, 4.69) is 57.7 Å². The highest BCUT2D eigenvalue weighted by Gasteiger charge is 1.97. The molecule has 0 heterocycles. The van der Waals surface area contributed by atoms with E-state index in [1.54, 1.807) is 0 Å². The van der Waals surface area contributed by atoms with E-state index in [0.29, 0.717) is 0 Å². The number of allylic oxidation sites excluding steroid dienone is 5. The zero-order valence-electron chi connectivity index (χ0n) is 10.5. The predicted octanol–water partition coefficient (Wildman–Crippen LogP) is 5.00. The van der Waals surface area contributed by atoms with E-state index in [1.165, 1.54) is 22.3 Å². The van der Waals surface area contributed by atoms with Crippen LogP contribution >= 0.6 is 0 Å². The van der Waals surface area contributed by atoms with Gasteiger partial charge < -0.3 is 0 Å². The molecule has 0 aliphatic carbocycles. The van der Waals surface area contributed by atoms with E-state index in [1.807, 2.05) is 12.1 Å². The molecule has 0 fully saturated rings. The Labute approximate surface area is 99.0 Å². The average molecular weight is 212 g/mol. The molecule has 0 saturated heterocycles. The van der Waals surface area contributed by atoms with Crippen molar-refractivity contribution in [1.29, 1.82) is 0 Å². The van der Waals surface area contributed by atoms with Gasteiger partial charge in [-0.3, -0.25) is 0 Å². The first kappa shape index (κ1) is 12.5. The van der Waals surface area contributed by atoms with Gasteiger partial charge in [-0.15, -0.1) is 0 Å². The minimum absolute atomic E-state index is 1.10. The van der Waals surface area contributed by atoms with Crippen LogP contribution in [0.5, 0.6) is 0 Å². The zero-order chi connectivity index (χ0) is 12.0. The first-order chi connectivity index (χ1) is 7.69. The molecule has 0 spiro atoms. The van der Waals surface area contributed by atoms with E-state index in [-0.39, 0.29) is 0 Å². The van der Waals surface area contributed by atoms with Crippen LogP contribution in [0.15, 0.2) is 60.2 Å². The van der Waals surface area contributed by atoms with Gasteiger partial charge in [0.2, 0.25) is 0 Å². The summed E-state index contributed by atoms with van der Waals surface area (Å²) in [5.74, 6) is 0. The summed E-state index contributed by atoms with van der Waals surface area (Å²) in [5, 5.41) is 0. The Bertz CT molecular complexity index is 405. The third-order valence-electron chi connectivity index (χ3n) is 2.90. The molecular formula is C16H20. The van der Waals surface area contributed by atoms with Gasteiger partial charge in [-0.1, -0.05) is 67.1 Å². The van der Waals surface area contributed by atoms with Gasteiger partial charge in [-0.2, -0.15) is 0 Å². The van der Waals surface area contributed by atoms with E-state index in [4.69, 9.17) is 0 Å². The highest BCUT2D eigenvalue weighted by Crippen LogP contribution is 2.19. The van der Waals surface area contributed by atoms with Crippen molar-refractivity contribution < 1.29 is 0 Å². The van der Waals surface area contributed by atoms with Crippen molar-refractivity contribution >= 4 is 5.57 Å². The number of hydrogen-bond acceptors (Lipinski definition) is 0. The van der Waals surface area contributed by atoms with Crippen molar-refractivity contribution in [2.75, 3.05) is 0 Å². The lowest BCUT2D eigenvalue weighted by Crippen LogP contribution is -1.83. The van der Waals surface area contributed by atoms with Crippen LogP contribution in [0.1, 0.15) is 32.8 Å². The standard InChI is InChI=1S/C16H20/c1-5-13(3)14(4)12-15(6-2)16-10-8-7-9-11-16/h6-12H,2,5H2,1,3-4H3/b14-13+,15-12+. The van der Waals surface area contributed by atoms with Crippen LogP contribution in [0.4, 0.5) is 0 Å². The SMILES string of the molecule is C=C/C(=C\C(C)=C(/C)CC)c1ccccc1. The second-order valence-corrected chi connectivity index (χ2v) is 3.99. The molecule has 0 amide bonds. The molecule has 0 N–H and O–H groups in total. The van der Waals surface area contributed by atoms with E-state index < -0.39 is 0 Å². The number of rotatable bonds is 4. The Hall–Kier alpha value is -1.56. The van der Waals surface area contributed by atoms with Crippen LogP contribution in [-0.2, 0) is 0 Å². The van der Waals surface area contributed by atoms with Crippen LogP contribution in [-0.4, -0.2) is 0 Å². The van der Waals surface area contributed by atoms with Gasteiger partial charge >= 0.3 is 0 Å². The molecule has 0 aliphatic heterocycles. The van der Waals surface area contributed by atoms with E-state index in [0.717, 1.165) is 6.42 Å². The fourth-order valence-corrected chi connectivity index (χ4v) is 1.53. The van der Waals surface area contributed by atoms with Crippen LogP contribution in [0.3, 0.4) is 0 Å². The lowest BCUT2D eigenvalue weighted by Gasteiger charge is -2.05. The molecular weight excluding hydrogens is 192 g/mol. The molecule has 1 aromatic rings. The zero-order valence-corrected chi connectivity index (χ0v) is 10.5. The van der Waals surface area contributed by atoms with Gasteiger partial charge in [0.1, 0.15) is 0 Å². The number of benzene rings is 1. The smallest absolute Gasteiger partial charge is 0.0184 e. The molecule has 0 unspecified atom stereocenters. The maximum Gasteiger partial charge on any atom is -0.0184 e. The maximum absolute atomic E-state index is 3.88. The summed E-state index contributed by atoms with van der Waals surface area (Å²) in [6.07, 6.45) is 5.23. The third kappa shape index (κ3) is 3.23. The Morgan fingerprint density at radius 3 is 2.31 bits per heavy atom. The largest absolute Gasteiger partial charge is 0.0984 e. The first-order valence-electron chi connectivity index (χ1n) is 5.75. The fourth-order valence-electron chi connectivity index (χ4n) is 1.53. The Balaban J connectivity index is 3.09. The molecule has 1 rings (SSSR count). The van der Waals surface area contributed by atoms with Gasteiger partial charge in [0.15, 0.2) is 0 Å². The van der Waals surface area contributed by atoms with Crippen LogP contribution in [0.25, 0.3) is 5.57 Å². The van der Waals surface area contributed by atoms with Gasteiger partial charge in [-0.05, 0) is 31.4 Å². The summed E-state index contributed by atoms with van der Waals surface area (Å²) in [6.45, 7) is 10.4. The summed E-state index contributed by atoms with van der Waals surface area (Å²) >= 11 is 0. The highest BCUT2D eigenvalue weighted by molar-refractivity contribution is 5.75. The quantitative estimate of drug-likeness (QED) is 0.616. The van der Waals surface area contributed by atoms with Crippen molar-refractivity contribution in [3.05, 3.63) is 65.8 Å². The van der Waals surface area contributed by atoms with Gasteiger partial charge in [0.25, 0.3) is 0 Å². The highest BCUT2D eigenvalue weighted by atomic mass is 14.0. The Morgan fingerprint density at radius 2 is 1.81 bits per heavy atom. The minimum atomic E-state index is 1.10. The molecule has 16 heavy (non-hydrogen) atoms. The average Bonchev–Trinajstić information content (AvgIpc) is 2.35. The van der Waals surface area contributed by atoms with Crippen molar-refractivity contribution in [3.63, 3.8) is 0 Å². The second kappa shape index (κ2) is 6.12. The third-order valence-corrected chi connectivity index (χ3v) is 2.90. The molecule has 84 valence electrons. The van der Waals surface area contributed by atoms with Crippen molar-refractivity contribution in [3.8, 4) is 0 Å².